The molecule has 0 spiro atoms. The first-order valence-corrected chi connectivity index (χ1v) is 12.6. The van der Waals surface area contributed by atoms with Crippen molar-refractivity contribution in [2.45, 2.75) is 85.2 Å². The van der Waals surface area contributed by atoms with Crippen LogP contribution in [0.3, 0.4) is 0 Å². The normalized spacial score (nSPS) is 40.1. The highest BCUT2D eigenvalue weighted by atomic mass is 16.2. The summed E-state index contributed by atoms with van der Waals surface area (Å²) >= 11 is 0. The Balaban J connectivity index is 1.58. The lowest BCUT2D eigenvalue weighted by Gasteiger charge is -2.56. The fourth-order valence-corrected chi connectivity index (χ4v) is 7.57. The molecule has 176 valence electrons. The van der Waals surface area contributed by atoms with E-state index in [4.69, 9.17) is 0 Å². The number of nitrogens with zero attached hydrogens (tertiary/aromatic N) is 1. The highest BCUT2D eigenvalue weighted by molar-refractivity contribution is 6.05. The average Bonchev–Trinajstić information content (AvgIpc) is 3.11. The number of hydrogen-bond acceptors (Lipinski definition) is 3. The summed E-state index contributed by atoms with van der Waals surface area (Å²) in [6, 6.07) is 0.190. The number of fused-ring (bicyclic) bond motifs is 5. The van der Waals surface area contributed by atoms with Crippen molar-refractivity contribution >= 4 is 11.7 Å². The van der Waals surface area contributed by atoms with Gasteiger partial charge in [0.1, 0.15) is 0 Å². The molecule has 7 atom stereocenters. The summed E-state index contributed by atoms with van der Waals surface area (Å²) < 4.78 is 0. The van der Waals surface area contributed by atoms with Gasteiger partial charge >= 0.3 is 0 Å². The number of allylic oxidation sites excluding steroid dienone is 4. The van der Waals surface area contributed by atoms with E-state index in [1.165, 1.54) is 19.3 Å². The van der Waals surface area contributed by atoms with Crippen LogP contribution in [0.4, 0.5) is 0 Å². The van der Waals surface area contributed by atoms with E-state index in [2.05, 4.69) is 57.2 Å². The third-order valence-corrected chi connectivity index (χ3v) is 9.97. The molecule has 0 aliphatic heterocycles. The third-order valence-electron chi connectivity index (χ3n) is 9.97. The van der Waals surface area contributed by atoms with Gasteiger partial charge in [0.15, 0.2) is 5.78 Å². The first-order chi connectivity index (χ1) is 15.0. The van der Waals surface area contributed by atoms with Crippen LogP contribution in [0.1, 0.15) is 73.1 Å². The predicted molar refractivity (Wildman–Crippen MR) is 130 cm³/mol. The topological polar surface area (TPSA) is 49.4 Å². The molecule has 4 rings (SSSR count). The van der Waals surface area contributed by atoms with E-state index in [0.29, 0.717) is 29.4 Å². The lowest BCUT2D eigenvalue weighted by Crippen LogP contribution is -2.54. The maximum atomic E-state index is 13.5. The highest BCUT2D eigenvalue weighted by Crippen LogP contribution is 2.64. The van der Waals surface area contributed by atoms with Crippen LogP contribution in [0.15, 0.2) is 34.9 Å². The summed E-state index contributed by atoms with van der Waals surface area (Å²) in [5.74, 6) is 1.81. The van der Waals surface area contributed by atoms with Crippen LogP contribution in [0.5, 0.6) is 0 Å². The van der Waals surface area contributed by atoms with Gasteiger partial charge in [-0.3, -0.25) is 9.59 Å². The number of hydrogen-bond donors (Lipinski definition) is 1. The predicted octanol–water partition coefficient (Wildman–Crippen LogP) is 5.07. The molecule has 2 fully saturated rings. The van der Waals surface area contributed by atoms with Crippen LogP contribution in [0.25, 0.3) is 0 Å². The molecule has 0 bridgehead atoms. The maximum absolute atomic E-state index is 13.5. The van der Waals surface area contributed by atoms with Crippen LogP contribution in [0, 0.1) is 28.6 Å². The van der Waals surface area contributed by atoms with Gasteiger partial charge in [0.05, 0.1) is 6.04 Å². The van der Waals surface area contributed by atoms with Crippen molar-refractivity contribution < 1.29 is 9.59 Å². The molecule has 4 aliphatic carbocycles. The zero-order valence-electron chi connectivity index (χ0n) is 21.1. The quantitative estimate of drug-likeness (QED) is 0.493. The standard InChI is InChI=1S/C28H42N2O2/c1-8-17(2)26(32)29-24-14-16-28(5)22-13-15-27(4)20(18(3)30(6)7)11-12-21(27)19(22)9-10-23(28)25(24)31/h8,10,12,18-20,22,24H,9,11,13-16H2,1-7H3,(H,29,32)/b17-8-/t18-,19-,20+,22-,24-,27+,28+/m0/s1. The number of amides is 1. The molecule has 1 amide bonds. The van der Waals surface area contributed by atoms with Crippen molar-refractivity contribution in [1.82, 2.24) is 10.2 Å². The van der Waals surface area contributed by atoms with Crippen molar-refractivity contribution in [2.75, 3.05) is 14.1 Å². The van der Waals surface area contributed by atoms with Crippen molar-refractivity contribution in [1.29, 1.82) is 0 Å². The van der Waals surface area contributed by atoms with Crippen LogP contribution in [-0.4, -0.2) is 42.8 Å². The second kappa shape index (κ2) is 8.27. The molecule has 0 radical (unpaired) electrons. The molecular weight excluding hydrogens is 396 g/mol. The zero-order chi connectivity index (χ0) is 23.4. The van der Waals surface area contributed by atoms with Gasteiger partial charge in [-0.25, -0.2) is 0 Å². The molecule has 1 N–H and O–H groups in total. The Bertz CT molecular complexity index is 897. The van der Waals surface area contributed by atoms with Crippen molar-refractivity contribution in [2.24, 2.45) is 28.6 Å². The van der Waals surface area contributed by atoms with Crippen molar-refractivity contribution in [3.63, 3.8) is 0 Å². The highest BCUT2D eigenvalue weighted by Gasteiger charge is 2.57. The lowest BCUT2D eigenvalue weighted by molar-refractivity contribution is -0.127. The van der Waals surface area contributed by atoms with Gasteiger partial charge < -0.3 is 10.2 Å². The summed E-state index contributed by atoms with van der Waals surface area (Å²) in [4.78, 5) is 28.2. The van der Waals surface area contributed by atoms with Crippen LogP contribution in [-0.2, 0) is 9.59 Å². The zero-order valence-corrected chi connectivity index (χ0v) is 21.1. The fraction of sp³-hybridized carbons (Fsp3) is 0.714. The first-order valence-electron chi connectivity index (χ1n) is 12.6. The molecular formula is C28H42N2O2. The summed E-state index contributed by atoms with van der Waals surface area (Å²) in [6.45, 7) is 10.9. The van der Waals surface area contributed by atoms with Gasteiger partial charge in [0, 0.05) is 11.6 Å². The largest absolute Gasteiger partial charge is 0.342 e. The van der Waals surface area contributed by atoms with Crippen LogP contribution < -0.4 is 5.32 Å². The second-order valence-corrected chi connectivity index (χ2v) is 11.5. The van der Waals surface area contributed by atoms with Crippen LogP contribution in [0.2, 0.25) is 0 Å². The molecule has 0 aromatic carbocycles. The molecule has 2 saturated carbocycles. The van der Waals surface area contributed by atoms with Crippen LogP contribution >= 0.6 is 0 Å². The Hall–Kier alpha value is -1.68. The Morgan fingerprint density at radius 2 is 1.84 bits per heavy atom. The molecule has 0 aromatic rings. The van der Waals surface area contributed by atoms with E-state index in [0.717, 1.165) is 24.8 Å². The van der Waals surface area contributed by atoms with E-state index in [9.17, 15) is 9.59 Å². The van der Waals surface area contributed by atoms with E-state index in [1.807, 2.05) is 6.92 Å². The Morgan fingerprint density at radius 3 is 2.50 bits per heavy atom. The number of carbonyl (C=O) groups excluding carboxylic acids is 2. The number of Topliss-reactive ketones (excluding diaryl/α,β-unsaturated/α-hetero) is 1. The third kappa shape index (κ3) is 3.45. The minimum atomic E-state index is -0.377. The maximum Gasteiger partial charge on any atom is 0.247 e. The molecule has 4 nitrogen and oxygen atoms in total. The van der Waals surface area contributed by atoms with E-state index >= 15 is 0 Å². The Labute approximate surface area is 194 Å². The monoisotopic (exact) mass is 438 g/mol. The SMILES string of the molecule is C/C=C(/C)C(=O)N[C@H]1CC[C@@]2(C)C(=CC[C@H]3C4=CC[C@H]([C@H](C)N(C)C)[C@@]4(C)CC[C@@H]32)C1=O. The summed E-state index contributed by atoms with van der Waals surface area (Å²) in [7, 11) is 4.41. The minimum Gasteiger partial charge on any atom is -0.342 e. The van der Waals surface area contributed by atoms with E-state index in [1.54, 1.807) is 18.6 Å². The van der Waals surface area contributed by atoms with E-state index < -0.39 is 0 Å². The van der Waals surface area contributed by atoms with Gasteiger partial charge in [-0.2, -0.15) is 0 Å². The minimum absolute atomic E-state index is 0.0652. The molecule has 4 heteroatoms. The molecule has 0 saturated heterocycles. The molecule has 0 aromatic heterocycles. The fourth-order valence-electron chi connectivity index (χ4n) is 7.57. The van der Waals surface area contributed by atoms with Crippen molar-refractivity contribution in [3.8, 4) is 0 Å². The summed E-state index contributed by atoms with van der Waals surface area (Å²) in [5, 5.41) is 3.00. The number of ketones is 1. The average molecular weight is 439 g/mol. The summed E-state index contributed by atoms with van der Waals surface area (Å²) in [6.07, 6.45) is 12.9. The summed E-state index contributed by atoms with van der Waals surface area (Å²) in [5.41, 5.74) is 3.56. The number of nitrogens with one attached hydrogen (secondary N) is 1. The van der Waals surface area contributed by atoms with Gasteiger partial charge in [-0.1, -0.05) is 37.6 Å². The smallest absolute Gasteiger partial charge is 0.247 e. The number of rotatable bonds is 4. The van der Waals surface area contributed by atoms with Crippen molar-refractivity contribution in [3.05, 3.63) is 34.9 Å². The second-order valence-electron chi connectivity index (χ2n) is 11.5. The first kappa shape index (κ1) is 23.5. The molecule has 0 heterocycles. The van der Waals surface area contributed by atoms with E-state index in [-0.39, 0.29) is 28.6 Å². The Kier molecular flexibility index (Phi) is 6.07. The van der Waals surface area contributed by atoms with Gasteiger partial charge in [-0.05, 0) is 108 Å². The van der Waals surface area contributed by atoms with Gasteiger partial charge in [0.25, 0.3) is 0 Å². The lowest BCUT2D eigenvalue weighted by atomic mass is 9.48. The molecule has 32 heavy (non-hydrogen) atoms. The molecule has 0 unspecified atom stereocenters. The Morgan fingerprint density at radius 1 is 1.16 bits per heavy atom. The van der Waals surface area contributed by atoms with Gasteiger partial charge in [0.2, 0.25) is 5.91 Å². The number of carbonyl (C=O) groups is 2. The van der Waals surface area contributed by atoms with Gasteiger partial charge in [-0.15, -0.1) is 0 Å². The molecule has 4 aliphatic rings.